The van der Waals surface area contributed by atoms with Crippen molar-refractivity contribution in [2.24, 2.45) is 0 Å². The van der Waals surface area contributed by atoms with Gasteiger partial charge in [0.25, 0.3) is 0 Å². The molecule has 0 amide bonds. The van der Waals surface area contributed by atoms with Crippen LogP contribution in [-0.2, 0) is 6.42 Å². The van der Waals surface area contributed by atoms with Gasteiger partial charge in [-0.1, -0.05) is 6.07 Å². The molecule has 0 atom stereocenters. The van der Waals surface area contributed by atoms with Crippen LogP contribution < -0.4 is 4.74 Å². The van der Waals surface area contributed by atoms with Crippen LogP contribution in [-0.4, -0.2) is 12.2 Å². The average molecular weight is 257 g/mol. The van der Waals surface area contributed by atoms with Crippen molar-refractivity contribution >= 4 is 11.6 Å². The molecule has 0 heterocycles. The molecule has 0 fully saturated rings. The maximum Gasteiger partial charge on any atom is 0.573 e. The molecule has 0 aliphatic rings. The molecule has 0 N–H and O–H groups in total. The van der Waals surface area contributed by atoms with Crippen LogP contribution in [0.2, 0.25) is 0 Å². The third-order valence-corrected chi connectivity index (χ3v) is 2.11. The van der Waals surface area contributed by atoms with E-state index >= 15 is 0 Å². The summed E-state index contributed by atoms with van der Waals surface area (Å²) in [6.07, 6.45) is -3.84. The highest BCUT2D eigenvalue weighted by atomic mass is 35.5. The van der Waals surface area contributed by atoms with Crippen molar-refractivity contribution in [2.75, 3.05) is 5.88 Å². The van der Waals surface area contributed by atoms with Crippen molar-refractivity contribution < 1.29 is 22.3 Å². The molecule has 6 heteroatoms. The van der Waals surface area contributed by atoms with Crippen molar-refractivity contribution in [1.82, 2.24) is 0 Å². The van der Waals surface area contributed by atoms with Crippen molar-refractivity contribution in [1.29, 1.82) is 0 Å². The summed E-state index contributed by atoms with van der Waals surface area (Å²) in [5.41, 5.74) is 0.329. The Balaban J connectivity index is 2.74. The lowest BCUT2D eigenvalue weighted by Gasteiger charge is -2.09. The maximum atomic E-state index is 13.3. The van der Waals surface area contributed by atoms with Crippen LogP contribution in [0.4, 0.5) is 17.6 Å². The summed E-state index contributed by atoms with van der Waals surface area (Å²) in [7, 11) is 0. The van der Waals surface area contributed by atoms with Gasteiger partial charge in [0.1, 0.15) is 11.6 Å². The minimum absolute atomic E-state index is 0.329. The van der Waals surface area contributed by atoms with Crippen molar-refractivity contribution in [2.45, 2.75) is 19.2 Å². The molecule has 1 nitrogen and oxygen atoms in total. The molecule has 0 aliphatic carbocycles. The van der Waals surface area contributed by atoms with Gasteiger partial charge in [0, 0.05) is 11.9 Å². The van der Waals surface area contributed by atoms with Gasteiger partial charge >= 0.3 is 6.36 Å². The van der Waals surface area contributed by atoms with E-state index in [0.29, 0.717) is 24.3 Å². The molecule has 16 heavy (non-hydrogen) atoms. The number of ether oxygens (including phenoxy) is 1. The summed E-state index contributed by atoms with van der Waals surface area (Å²) in [5, 5.41) is 0. The summed E-state index contributed by atoms with van der Waals surface area (Å²) in [6.45, 7) is 0. The second kappa shape index (κ2) is 5.39. The molecule has 1 rings (SSSR count). The van der Waals surface area contributed by atoms with E-state index in [4.69, 9.17) is 11.6 Å². The first-order valence-corrected chi connectivity index (χ1v) is 5.06. The first-order chi connectivity index (χ1) is 7.42. The molecule has 0 unspecified atom stereocenters. The number of hydrogen-bond acceptors (Lipinski definition) is 1. The van der Waals surface area contributed by atoms with Gasteiger partial charge < -0.3 is 4.74 Å². The predicted octanol–water partition coefficient (Wildman–Crippen LogP) is 3.90. The van der Waals surface area contributed by atoms with E-state index in [-0.39, 0.29) is 0 Å². The zero-order valence-electron chi connectivity index (χ0n) is 8.15. The molecule has 1 aromatic carbocycles. The highest BCUT2D eigenvalue weighted by molar-refractivity contribution is 6.17. The fourth-order valence-corrected chi connectivity index (χ4v) is 1.32. The Morgan fingerprint density at radius 1 is 1.25 bits per heavy atom. The van der Waals surface area contributed by atoms with Crippen LogP contribution >= 0.6 is 11.6 Å². The van der Waals surface area contributed by atoms with E-state index in [1.165, 1.54) is 6.07 Å². The molecule has 0 aromatic heterocycles. The second-order valence-electron chi connectivity index (χ2n) is 3.09. The van der Waals surface area contributed by atoms with Gasteiger partial charge in [0.15, 0.2) is 0 Å². The van der Waals surface area contributed by atoms with Crippen molar-refractivity contribution in [3.63, 3.8) is 0 Å². The zero-order valence-corrected chi connectivity index (χ0v) is 8.91. The minimum atomic E-state index is -4.80. The fourth-order valence-electron chi connectivity index (χ4n) is 1.19. The highest BCUT2D eigenvalue weighted by Crippen LogP contribution is 2.24. The van der Waals surface area contributed by atoms with Crippen LogP contribution in [0.1, 0.15) is 12.0 Å². The van der Waals surface area contributed by atoms with Gasteiger partial charge in [-0.2, -0.15) is 0 Å². The second-order valence-corrected chi connectivity index (χ2v) is 3.47. The van der Waals surface area contributed by atoms with E-state index < -0.39 is 17.9 Å². The molecule has 0 bridgehead atoms. The molecule has 0 saturated carbocycles. The summed E-state index contributed by atoms with van der Waals surface area (Å²) in [4.78, 5) is 0. The lowest BCUT2D eigenvalue weighted by molar-refractivity contribution is -0.274. The van der Waals surface area contributed by atoms with Gasteiger partial charge in [-0.05, 0) is 24.5 Å². The number of rotatable bonds is 4. The minimum Gasteiger partial charge on any atom is -0.406 e. The lowest BCUT2D eigenvalue weighted by Crippen LogP contribution is -2.17. The van der Waals surface area contributed by atoms with Crippen LogP contribution in [0.5, 0.6) is 5.75 Å². The standard InChI is InChI=1S/C10H9ClF4O/c11-5-1-2-7-3-4-8(6-9(7)12)16-10(13,14)15/h3-4,6H,1-2,5H2. The van der Waals surface area contributed by atoms with Gasteiger partial charge in [0.2, 0.25) is 0 Å². The summed E-state index contributed by atoms with van der Waals surface area (Å²) < 4.78 is 52.3. The van der Waals surface area contributed by atoms with Crippen LogP contribution in [0.25, 0.3) is 0 Å². The average Bonchev–Trinajstić information content (AvgIpc) is 2.14. The Morgan fingerprint density at radius 3 is 2.44 bits per heavy atom. The van der Waals surface area contributed by atoms with Crippen LogP contribution in [0.15, 0.2) is 18.2 Å². The Morgan fingerprint density at radius 2 is 1.94 bits per heavy atom. The molecule has 0 spiro atoms. The van der Waals surface area contributed by atoms with Crippen LogP contribution in [0, 0.1) is 5.82 Å². The van der Waals surface area contributed by atoms with E-state index in [1.54, 1.807) is 0 Å². The van der Waals surface area contributed by atoms with Crippen LogP contribution in [0.3, 0.4) is 0 Å². The lowest BCUT2D eigenvalue weighted by atomic mass is 10.1. The number of hydrogen-bond donors (Lipinski definition) is 0. The quantitative estimate of drug-likeness (QED) is 0.586. The number of benzene rings is 1. The third-order valence-electron chi connectivity index (χ3n) is 1.84. The maximum absolute atomic E-state index is 13.3. The van der Waals surface area contributed by atoms with E-state index in [2.05, 4.69) is 4.74 Å². The monoisotopic (exact) mass is 256 g/mol. The molecular weight excluding hydrogens is 248 g/mol. The van der Waals surface area contributed by atoms with Gasteiger partial charge in [-0.25, -0.2) is 4.39 Å². The molecule has 90 valence electrons. The molecular formula is C10H9ClF4O. The summed E-state index contributed by atoms with van der Waals surface area (Å²) in [6, 6.07) is 3.07. The first kappa shape index (κ1) is 13.1. The van der Waals surface area contributed by atoms with E-state index in [1.807, 2.05) is 0 Å². The predicted molar refractivity (Wildman–Crippen MR) is 52.1 cm³/mol. The van der Waals surface area contributed by atoms with Gasteiger partial charge in [-0.15, -0.1) is 24.8 Å². The van der Waals surface area contributed by atoms with Gasteiger partial charge in [0.05, 0.1) is 0 Å². The van der Waals surface area contributed by atoms with Gasteiger partial charge in [-0.3, -0.25) is 0 Å². The first-order valence-electron chi connectivity index (χ1n) is 4.52. The molecule has 1 aromatic rings. The van der Waals surface area contributed by atoms with Crippen molar-refractivity contribution in [3.05, 3.63) is 29.6 Å². The molecule has 0 radical (unpaired) electrons. The normalized spacial score (nSPS) is 11.6. The molecule has 0 aliphatic heterocycles. The van der Waals surface area contributed by atoms with Crippen molar-refractivity contribution in [3.8, 4) is 5.75 Å². The van der Waals surface area contributed by atoms with E-state index in [0.717, 1.165) is 12.1 Å². The highest BCUT2D eigenvalue weighted by Gasteiger charge is 2.31. The zero-order chi connectivity index (χ0) is 12.2. The number of halogens is 5. The number of aryl methyl sites for hydroxylation is 1. The Kier molecular flexibility index (Phi) is 4.41. The number of alkyl halides is 4. The van der Waals surface area contributed by atoms with E-state index in [9.17, 15) is 17.6 Å². The SMILES string of the molecule is Fc1cc(OC(F)(F)F)ccc1CCCCl. The Labute approximate surface area is 95.0 Å². The Bertz CT molecular complexity index is 351. The largest absolute Gasteiger partial charge is 0.573 e. The molecule has 0 saturated heterocycles. The summed E-state index contributed by atoms with van der Waals surface area (Å²) >= 11 is 5.43. The smallest absolute Gasteiger partial charge is 0.406 e. The summed E-state index contributed by atoms with van der Waals surface area (Å²) in [5.74, 6) is -0.897. The fraction of sp³-hybridized carbons (Fsp3) is 0.400. The topological polar surface area (TPSA) is 9.23 Å². The third kappa shape index (κ3) is 4.26. The Hall–Kier alpha value is -0.970.